The minimum atomic E-state index is -0.141. The van der Waals surface area contributed by atoms with Gasteiger partial charge in [-0.25, -0.2) is 4.39 Å². The zero-order valence-corrected chi connectivity index (χ0v) is 12.3. The topological polar surface area (TPSA) is 32.5 Å². The van der Waals surface area contributed by atoms with Gasteiger partial charge in [-0.1, -0.05) is 12.1 Å². The normalized spacial score (nSPS) is 11.1. The third-order valence-corrected chi connectivity index (χ3v) is 3.22. The number of para-hydroxylation sites is 1. The molecular formula is C15H26FN3. The summed E-state index contributed by atoms with van der Waals surface area (Å²) in [6.45, 7) is 5.30. The van der Waals surface area contributed by atoms with Crippen LogP contribution in [0.5, 0.6) is 0 Å². The van der Waals surface area contributed by atoms with E-state index in [-0.39, 0.29) is 5.82 Å². The molecule has 0 aliphatic heterocycles. The Morgan fingerprint density at radius 3 is 2.53 bits per heavy atom. The number of nitrogens with zero attached hydrogens (tertiary/aromatic N) is 2. The van der Waals surface area contributed by atoms with Crippen molar-refractivity contribution < 1.29 is 4.39 Å². The number of anilines is 1. The smallest absolute Gasteiger partial charge is 0.146 e. The lowest BCUT2D eigenvalue weighted by Crippen LogP contribution is -2.29. The van der Waals surface area contributed by atoms with E-state index in [4.69, 9.17) is 5.73 Å². The SMILES string of the molecule is CCN(CCCN(C)C)c1c(F)cccc1CCN. The summed E-state index contributed by atoms with van der Waals surface area (Å²) in [5, 5.41) is 0. The van der Waals surface area contributed by atoms with Crippen LogP contribution in [0.2, 0.25) is 0 Å². The van der Waals surface area contributed by atoms with Crippen LogP contribution < -0.4 is 10.6 Å². The van der Waals surface area contributed by atoms with Crippen molar-refractivity contribution >= 4 is 5.69 Å². The van der Waals surface area contributed by atoms with Crippen LogP contribution in [-0.2, 0) is 6.42 Å². The van der Waals surface area contributed by atoms with Gasteiger partial charge in [-0.2, -0.15) is 0 Å². The highest BCUT2D eigenvalue weighted by Crippen LogP contribution is 2.25. The van der Waals surface area contributed by atoms with E-state index in [0.717, 1.165) is 43.7 Å². The first-order valence-corrected chi connectivity index (χ1v) is 6.97. The predicted octanol–water partition coefficient (Wildman–Crippen LogP) is 2.10. The maximum atomic E-state index is 14.1. The monoisotopic (exact) mass is 267 g/mol. The molecule has 0 saturated heterocycles. The highest BCUT2D eigenvalue weighted by atomic mass is 19.1. The second-order valence-corrected chi connectivity index (χ2v) is 5.02. The summed E-state index contributed by atoms with van der Waals surface area (Å²) in [4.78, 5) is 4.26. The molecule has 0 aliphatic carbocycles. The molecule has 0 radical (unpaired) electrons. The van der Waals surface area contributed by atoms with Gasteiger partial charge in [0.2, 0.25) is 0 Å². The van der Waals surface area contributed by atoms with Crippen molar-refractivity contribution in [1.82, 2.24) is 4.90 Å². The molecule has 0 amide bonds. The fraction of sp³-hybridized carbons (Fsp3) is 0.600. The molecule has 1 aromatic rings. The lowest BCUT2D eigenvalue weighted by atomic mass is 10.1. The zero-order valence-electron chi connectivity index (χ0n) is 12.3. The average Bonchev–Trinajstić information content (AvgIpc) is 2.36. The second-order valence-electron chi connectivity index (χ2n) is 5.02. The first-order chi connectivity index (χ1) is 9.10. The molecule has 3 nitrogen and oxygen atoms in total. The molecule has 1 aromatic carbocycles. The summed E-state index contributed by atoms with van der Waals surface area (Å²) >= 11 is 0. The number of hydrogen-bond donors (Lipinski definition) is 1. The average molecular weight is 267 g/mol. The lowest BCUT2D eigenvalue weighted by molar-refractivity contribution is 0.400. The quantitative estimate of drug-likeness (QED) is 0.783. The van der Waals surface area contributed by atoms with Gasteiger partial charge in [-0.3, -0.25) is 0 Å². The highest BCUT2D eigenvalue weighted by Gasteiger charge is 2.14. The minimum Gasteiger partial charge on any atom is -0.369 e. The van der Waals surface area contributed by atoms with Crippen molar-refractivity contribution in [2.75, 3.05) is 45.2 Å². The predicted molar refractivity (Wildman–Crippen MR) is 80.2 cm³/mol. The van der Waals surface area contributed by atoms with E-state index in [1.54, 1.807) is 6.07 Å². The van der Waals surface area contributed by atoms with Gasteiger partial charge in [-0.05, 0) is 58.6 Å². The molecule has 108 valence electrons. The summed E-state index contributed by atoms with van der Waals surface area (Å²) in [7, 11) is 4.11. The molecular weight excluding hydrogens is 241 g/mol. The van der Waals surface area contributed by atoms with E-state index < -0.39 is 0 Å². The summed E-state index contributed by atoms with van der Waals surface area (Å²) in [5.74, 6) is -0.141. The van der Waals surface area contributed by atoms with Crippen LogP contribution in [0.3, 0.4) is 0 Å². The molecule has 0 aliphatic rings. The zero-order chi connectivity index (χ0) is 14.3. The summed E-state index contributed by atoms with van der Waals surface area (Å²) in [6.07, 6.45) is 1.74. The lowest BCUT2D eigenvalue weighted by Gasteiger charge is -2.27. The summed E-state index contributed by atoms with van der Waals surface area (Å²) in [6, 6.07) is 5.27. The van der Waals surface area contributed by atoms with Gasteiger partial charge >= 0.3 is 0 Å². The fourth-order valence-electron chi connectivity index (χ4n) is 2.28. The fourth-order valence-corrected chi connectivity index (χ4v) is 2.28. The van der Waals surface area contributed by atoms with E-state index in [1.165, 1.54) is 6.07 Å². The molecule has 0 unspecified atom stereocenters. The van der Waals surface area contributed by atoms with Crippen LogP contribution in [0.1, 0.15) is 18.9 Å². The Morgan fingerprint density at radius 2 is 1.95 bits per heavy atom. The van der Waals surface area contributed by atoms with Crippen LogP contribution >= 0.6 is 0 Å². The van der Waals surface area contributed by atoms with Crippen LogP contribution in [0.15, 0.2) is 18.2 Å². The maximum Gasteiger partial charge on any atom is 0.146 e. The number of hydrogen-bond acceptors (Lipinski definition) is 3. The Morgan fingerprint density at radius 1 is 1.21 bits per heavy atom. The molecule has 1 rings (SSSR count). The highest BCUT2D eigenvalue weighted by molar-refractivity contribution is 5.55. The standard InChI is InChI=1S/C15H26FN3/c1-4-19(12-6-11-18(2)3)15-13(9-10-17)7-5-8-14(15)16/h5,7-8H,4,6,9-12,17H2,1-3H3. The number of rotatable bonds is 8. The van der Waals surface area contributed by atoms with Gasteiger partial charge in [-0.15, -0.1) is 0 Å². The Balaban J connectivity index is 2.84. The Labute approximate surface area is 116 Å². The maximum absolute atomic E-state index is 14.1. The van der Waals surface area contributed by atoms with Crippen molar-refractivity contribution in [3.05, 3.63) is 29.6 Å². The Bertz CT molecular complexity index is 380. The molecule has 2 N–H and O–H groups in total. The van der Waals surface area contributed by atoms with Gasteiger partial charge in [0.25, 0.3) is 0 Å². The number of halogens is 1. The molecule has 0 aromatic heterocycles. The van der Waals surface area contributed by atoms with Crippen molar-refractivity contribution in [3.8, 4) is 0 Å². The van der Waals surface area contributed by atoms with Gasteiger partial charge in [0, 0.05) is 13.1 Å². The van der Waals surface area contributed by atoms with Crippen molar-refractivity contribution in [1.29, 1.82) is 0 Å². The molecule has 0 heterocycles. The third-order valence-electron chi connectivity index (χ3n) is 3.22. The van der Waals surface area contributed by atoms with Gasteiger partial charge in [0.05, 0.1) is 5.69 Å². The van der Waals surface area contributed by atoms with Crippen molar-refractivity contribution in [3.63, 3.8) is 0 Å². The van der Waals surface area contributed by atoms with Gasteiger partial charge < -0.3 is 15.5 Å². The Hall–Kier alpha value is -1.13. The van der Waals surface area contributed by atoms with Gasteiger partial charge in [0.15, 0.2) is 0 Å². The molecule has 4 heteroatoms. The van der Waals surface area contributed by atoms with E-state index >= 15 is 0 Å². The molecule has 0 spiro atoms. The van der Waals surface area contributed by atoms with Crippen LogP contribution in [0.4, 0.5) is 10.1 Å². The van der Waals surface area contributed by atoms with Crippen LogP contribution in [0.25, 0.3) is 0 Å². The van der Waals surface area contributed by atoms with E-state index in [2.05, 4.69) is 30.8 Å². The van der Waals surface area contributed by atoms with E-state index in [9.17, 15) is 4.39 Å². The first kappa shape index (κ1) is 15.9. The first-order valence-electron chi connectivity index (χ1n) is 6.97. The number of benzene rings is 1. The van der Waals surface area contributed by atoms with Gasteiger partial charge in [0.1, 0.15) is 5.82 Å². The number of nitrogens with two attached hydrogens (primary N) is 1. The van der Waals surface area contributed by atoms with E-state index in [1.807, 2.05) is 6.07 Å². The van der Waals surface area contributed by atoms with E-state index in [0.29, 0.717) is 6.54 Å². The molecule has 0 bridgehead atoms. The van der Waals surface area contributed by atoms with Crippen LogP contribution in [-0.4, -0.2) is 45.2 Å². The van der Waals surface area contributed by atoms with Crippen molar-refractivity contribution in [2.24, 2.45) is 5.73 Å². The Kier molecular flexibility index (Phi) is 6.81. The minimum absolute atomic E-state index is 0.141. The molecule has 0 saturated carbocycles. The molecule has 19 heavy (non-hydrogen) atoms. The second kappa shape index (κ2) is 8.12. The van der Waals surface area contributed by atoms with Crippen LogP contribution in [0, 0.1) is 5.82 Å². The molecule has 0 atom stereocenters. The largest absolute Gasteiger partial charge is 0.369 e. The molecule has 0 fully saturated rings. The third kappa shape index (κ3) is 4.80. The summed E-state index contributed by atoms with van der Waals surface area (Å²) < 4.78 is 14.1. The summed E-state index contributed by atoms with van der Waals surface area (Å²) in [5.41, 5.74) is 7.35. The van der Waals surface area contributed by atoms with Crippen molar-refractivity contribution in [2.45, 2.75) is 19.8 Å².